The van der Waals surface area contributed by atoms with E-state index < -0.39 is 18.0 Å². The van der Waals surface area contributed by atoms with E-state index in [1.54, 1.807) is 25.3 Å². The quantitative estimate of drug-likeness (QED) is 0.265. The van der Waals surface area contributed by atoms with Crippen molar-refractivity contribution in [1.82, 2.24) is 15.0 Å². The van der Waals surface area contributed by atoms with E-state index >= 15 is 0 Å². The van der Waals surface area contributed by atoms with Crippen LogP contribution in [0.3, 0.4) is 0 Å². The number of nitrogens with zero attached hydrogens (tertiary/aromatic N) is 2. The summed E-state index contributed by atoms with van der Waals surface area (Å²) in [6.07, 6.45) is -1.01. The van der Waals surface area contributed by atoms with Gasteiger partial charge in [0, 0.05) is 16.5 Å². The highest BCUT2D eigenvalue weighted by atomic mass is 32.1. The Kier molecular flexibility index (Phi) is 6.70. The molecule has 1 unspecified atom stereocenters. The van der Waals surface area contributed by atoms with Gasteiger partial charge in [-0.05, 0) is 56.3 Å². The minimum absolute atomic E-state index is 0.313. The van der Waals surface area contributed by atoms with Crippen LogP contribution in [0.15, 0.2) is 72.1 Å². The smallest absolute Gasteiger partial charge is 0.338 e. The van der Waals surface area contributed by atoms with E-state index in [0.29, 0.717) is 27.6 Å². The summed E-state index contributed by atoms with van der Waals surface area (Å²) in [4.78, 5) is 37.7. The maximum atomic E-state index is 12.8. The molecule has 2 heterocycles. The van der Waals surface area contributed by atoms with Crippen LogP contribution in [-0.4, -0.2) is 40.0 Å². The Labute approximate surface area is 217 Å². The number of carbonyl (C=O) groups excluding carboxylic acids is 2. The summed E-state index contributed by atoms with van der Waals surface area (Å²) in [7, 11) is 1.61. The number of hydrogen-bond acceptors (Lipinski definition) is 7. The summed E-state index contributed by atoms with van der Waals surface area (Å²) < 4.78 is 10.6. The van der Waals surface area contributed by atoms with Crippen LogP contribution in [0.1, 0.15) is 22.8 Å². The Bertz CT molecular complexity index is 1570. The molecule has 0 aliphatic carbocycles. The number of thiazole rings is 1. The van der Waals surface area contributed by atoms with Crippen LogP contribution in [0, 0.1) is 6.92 Å². The second-order valence-corrected chi connectivity index (χ2v) is 9.34. The van der Waals surface area contributed by atoms with Crippen molar-refractivity contribution >= 4 is 39.4 Å². The van der Waals surface area contributed by atoms with Gasteiger partial charge in [0.05, 0.1) is 29.4 Å². The highest BCUT2D eigenvalue weighted by molar-refractivity contribution is 7.14. The lowest BCUT2D eigenvalue weighted by molar-refractivity contribution is -0.123. The highest BCUT2D eigenvalue weighted by Gasteiger charge is 2.21. The number of rotatable bonds is 7. The molecule has 0 saturated heterocycles. The van der Waals surface area contributed by atoms with Crippen LogP contribution in [0.4, 0.5) is 5.13 Å². The van der Waals surface area contributed by atoms with Crippen LogP contribution in [0.2, 0.25) is 0 Å². The minimum atomic E-state index is -1.01. The molecule has 8 nitrogen and oxygen atoms in total. The molecule has 2 aromatic heterocycles. The zero-order valence-corrected chi connectivity index (χ0v) is 21.3. The van der Waals surface area contributed by atoms with Crippen molar-refractivity contribution in [2.24, 2.45) is 0 Å². The molecule has 37 heavy (non-hydrogen) atoms. The number of aryl methyl sites for hydroxylation is 1. The highest BCUT2D eigenvalue weighted by Crippen LogP contribution is 2.26. The molecule has 9 heteroatoms. The number of carbonyl (C=O) groups is 2. The van der Waals surface area contributed by atoms with Gasteiger partial charge < -0.3 is 14.5 Å². The van der Waals surface area contributed by atoms with Crippen molar-refractivity contribution in [2.75, 3.05) is 12.4 Å². The fourth-order valence-electron chi connectivity index (χ4n) is 3.70. The Hall–Kier alpha value is -4.50. The normalized spacial score (nSPS) is 11.8. The van der Waals surface area contributed by atoms with Crippen LogP contribution in [0.5, 0.6) is 5.75 Å². The third-order valence-corrected chi connectivity index (χ3v) is 6.57. The van der Waals surface area contributed by atoms with E-state index in [4.69, 9.17) is 9.47 Å². The van der Waals surface area contributed by atoms with Crippen molar-refractivity contribution in [3.63, 3.8) is 0 Å². The number of aromatic amines is 1. The number of esters is 1. The first kappa shape index (κ1) is 24.2. The second kappa shape index (κ2) is 10.2. The number of anilines is 1. The SMILES string of the molecule is COc1ccc(-c2nc3ccc(C(=O)OC(C)C(=O)Nc4nc(-c5ccc(C)cc5)cs4)cc3[nH]2)cc1. The van der Waals surface area contributed by atoms with Crippen molar-refractivity contribution in [1.29, 1.82) is 0 Å². The largest absolute Gasteiger partial charge is 0.497 e. The lowest BCUT2D eigenvalue weighted by atomic mass is 10.1. The summed E-state index contributed by atoms with van der Waals surface area (Å²) >= 11 is 1.31. The number of imidazole rings is 1. The Morgan fingerprint density at radius 1 is 0.973 bits per heavy atom. The molecule has 186 valence electrons. The van der Waals surface area contributed by atoms with E-state index in [-0.39, 0.29) is 0 Å². The first-order valence-corrected chi connectivity index (χ1v) is 12.5. The van der Waals surface area contributed by atoms with E-state index in [2.05, 4.69) is 20.3 Å². The number of methoxy groups -OCH3 is 1. The average Bonchev–Trinajstić information content (AvgIpc) is 3.56. The summed E-state index contributed by atoms with van der Waals surface area (Å²) in [5.41, 5.74) is 5.49. The predicted octanol–water partition coefficient (Wildman–Crippen LogP) is 5.85. The molecule has 5 aromatic rings. The van der Waals surface area contributed by atoms with E-state index in [1.165, 1.54) is 18.3 Å². The second-order valence-electron chi connectivity index (χ2n) is 8.49. The minimum Gasteiger partial charge on any atom is -0.497 e. The molecule has 0 spiro atoms. The number of hydrogen-bond donors (Lipinski definition) is 2. The van der Waals surface area contributed by atoms with Gasteiger partial charge >= 0.3 is 5.97 Å². The standard InChI is InChI=1S/C28H24N4O4S/c1-16-4-6-18(7-5-16)24-15-37-28(31-24)32-26(33)17(2)36-27(34)20-10-13-22-23(14-20)30-25(29-22)19-8-11-21(35-3)12-9-19/h4-15,17H,1-3H3,(H,29,30)(H,31,32,33). The van der Waals surface area contributed by atoms with E-state index in [9.17, 15) is 9.59 Å². The van der Waals surface area contributed by atoms with Crippen molar-refractivity contribution in [3.05, 3.63) is 83.2 Å². The molecule has 0 fully saturated rings. The maximum Gasteiger partial charge on any atom is 0.338 e. The first-order valence-electron chi connectivity index (χ1n) is 11.6. The molecular formula is C28H24N4O4S. The lowest BCUT2D eigenvalue weighted by Gasteiger charge is -2.12. The molecular weight excluding hydrogens is 488 g/mol. The van der Waals surface area contributed by atoms with E-state index in [0.717, 1.165) is 28.1 Å². The number of nitrogens with one attached hydrogen (secondary N) is 2. The third-order valence-electron chi connectivity index (χ3n) is 5.82. The molecule has 3 aromatic carbocycles. The number of H-pyrrole nitrogens is 1. The monoisotopic (exact) mass is 512 g/mol. The predicted molar refractivity (Wildman–Crippen MR) is 144 cm³/mol. The van der Waals surface area contributed by atoms with Gasteiger partial charge in [-0.15, -0.1) is 11.3 Å². The van der Waals surface area contributed by atoms with Gasteiger partial charge in [-0.2, -0.15) is 0 Å². The number of fused-ring (bicyclic) bond motifs is 1. The zero-order chi connectivity index (χ0) is 25.9. The Balaban J connectivity index is 1.23. The Morgan fingerprint density at radius 2 is 1.70 bits per heavy atom. The summed E-state index contributed by atoms with van der Waals surface area (Å²) in [5.74, 6) is 0.362. The summed E-state index contributed by atoms with van der Waals surface area (Å²) in [6.45, 7) is 3.55. The van der Waals surface area contributed by atoms with Crippen LogP contribution < -0.4 is 10.1 Å². The van der Waals surface area contributed by atoms with Crippen molar-refractivity contribution < 1.29 is 19.1 Å². The van der Waals surface area contributed by atoms with Gasteiger partial charge in [0.2, 0.25) is 0 Å². The molecule has 0 saturated carbocycles. The molecule has 5 rings (SSSR count). The molecule has 2 N–H and O–H groups in total. The molecule has 1 amide bonds. The van der Waals surface area contributed by atoms with Gasteiger partial charge in [-0.1, -0.05) is 29.8 Å². The fourth-order valence-corrected chi connectivity index (χ4v) is 4.42. The third kappa shape index (κ3) is 5.36. The number of ether oxygens (including phenoxy) is 2. The zero-order valence-electron chi connectivity index (χ0n) is 20.4. The van der Waals surface area contributed by atoms with Crippen molar-refractivity contribution in [2.45, 2.75) is 20.0 Å². The Morgan fingerprint density at radius 3 is 2.43 bits per heavy atom. The number of benzene rings is 3. The molecule has 0 aliphatic rings. The van der Waals surface area contributed by atoms with Gasteiger partial charge in [-0.25, -0.2) is 14.8 Å². The van der Waals surface area contributed by atoms with Gasteiger partial charge in [0.15, 0.2) is 11.2 Å². The molecule has 1 atom stereocenters. The average molecular weight is 513 g/mol. The van der Waals surface area contributed by atoms with Crippen LogP contribution in [-0.2, 0) is 9.53 Å². The number of amides is 1. The van der Waals surface area contributed by atoms with Crippen LogP contribution in [0.25, 0.3) is 33.7 Å². The maximum absolute atomic E-state index is 12.8. The van der Waals surface area contributed by atoms with Crippen molar-refractivity contribution in [3.8, 4) is 28.4 Å². The number of aromatic nitrogens is 3. The fraction of sp³-hybridized carbons (Fsp3) is 0.143. The van der Waals surface area contributed by atoms with Gasteiger partial charge in [0.25, 0.3) is 5.91 Å². The molecule has 0 aliphatic heterocycles. The first-order chi connectivity index (χ1) is 17.9. The van der Waals surface area contributed by atoms with Crippen LogP contribution >= 0.6 is 11.3 Å². The lowest BCUT2D eigenvalue weighted by Crippen LogP contribution is -2.29. The molecule has 0 radical (unpaired) electrons. The molecule has 0 bridgehead atoms. The van der Waals surface area contributed by atoms with Gasteiger partial charge in [-0.3, -0.25) is 10.1 Å². The van der Waals surface area contributed by atoms with Gasteiger partial charge in [0.1, 0.15) is 11.6 Å². The topological polar surface area (TPSA) is 106 Å². The van der Waals surface area contributed by atoms with E-state index in [1.807, 2.05) is 60.8 Å². The summed E-state index contributed by atoms with van der Waals surface area (Å²) in [6, 6.07) is 20.5. The summed E-state index contributed by atoms with van der Waals surface area (Å²) in [5, 5.41) is 5.04.